The number of hydrogen-bond donors (Lipinski definition) is 2. The van der Waals surface area contributed by atoms with Crippen molar-refractivity contribution < 1.29 is 22.0 Å². The van der Waals surface area contributed by atoms with E-state index in [1.54, 1.807) is 46.8 Å². The molecule has 0 saturated heterocycles. The summed E-state index contributed by atoms with van der Waals surface area (Å²) in [6, 6.07) is 14.9. The Hall–Kier alpha value is -2.56. The molecule has 2 aromatic carbocycles. The van der Waals surface area contributed by atoms with Crippen LogP contribution in [-0.2, 0) is 21.4 Å². The lowest BCUT2D eigenvalue weighted by atomic mass is 9.38. The van der Waals surface area contributed by atoms with Gasteiger partial charge in [-0.05, 0) is 62.9 Å². The average molecular weight is 577 g/mol. The molecule has 11 heteroatoms. The first-order valence-electron chi connectivity index (χ1n) is 13.1. The predicted molar refractivity (Wildman–Crippen MR) is 144 cm³/mol. The van der Waals surface area contributed by atoms with Crippen LogP contribution in [0.1, 0.15) is 45.1 Å². The molecule has 1 amide bonds. The van der Waals surface area contributed by atoms with Gasteiger partial charge in [-0.15, -0.1) is 0 Å². The Bertz CT molecular complexity index is 1430. The predicted octanol–water partition coefficient (Wildman–Crippen LogP) is 4.37. The molecule has 2 aromatic rings. The zero-order valence-corrected chi connectivity index (χ0v) is 23.3. The number of benzene rings is 2. The van der Waals surface area contributed by atoms with Gasteiger partial charge in [0.2, 0.25) is 15.9 Å². The van der Waals surface area contributed by atoms with E-state index in [2.05, 4.69) is 10.6 Å². The first-order chi connectivity index (χ1) is 18.3. The Morgan fingerprint density at radius 1 is 1.10 bits per heavy atom. The van der Waals surface area contributed by atoms with Gasteiger partial charge in [-0.25, -0.2) is 17.2 Å². The van der Waals surface area contributed by atoms with Gasteiger partial charge in [0.15, 0.2) is 6.04 Å². The van der Waals surface area contributed by atoms with Gasteiger partial charge in [0.25, 0.3) is 5.92 Å². The Morgan fingerprint density at radius 3 is 2.31 bits per heavy atom. The quantitative estimate of drug-likeness (QED) is 0.464. The van der Waals surface area contributed by atoms with Crippen LogP contribution in [0.3, 0.4) is 0 Å². The summed E-state index contributed by atoms with van der Waals surface area (Å²) in [7, 11) is -3.79. The number of hydrogen-bond acceptors (Lipinski definition) is 5. The number of amidine groups is 1. The van der Waals surface area contributed by atoms with Crippen molar-refractivity contribution in [3.8, 4) is 0 Å². The van der Waals surface area contributed by atoms with E-state index in [1.165, 1.54) is 0 Å². The van der Waals surface area contributed by atoms with Crippen LogP contribution in [0.25, 0.3) is 0 Å². The Labute approximate surface area is 232 Å². The van der Waals surface area contributed by atoms with Crippen molar-refractivity contribution in [2.75, 3.05) is 6.54 Å². The Balaban J connectivity index is 1.21. The first kappa shape index (κ1) is 26.7. The second-order valence-corrected chi connectivity index (χ2v) is 14.4. The maximum atomic E-state index is 13.9. The summed E-state index contributed by atoms with van der Waals surface area (Å²) in [4.78, 5) is 17.9. The topological polar surface area (TPSA) is 90.9 Å². The molecule has 4 fully saturated rings. The molecule has 7 rings (SSSR count). The minimum absolute atomic E-state index is 0.0610. The molecule has 0 spiro atoms. The van der Waals surface area contributed by atoms with Crippen LogP contribution in [0.15, 0.2) is 64.5 Å². The van der Waals surface area contributed by atoms with E-state index in [1.807, 2.05) is 26.0 Å². The number of alkyl halides is 2. The lowest BCUT2D eigenvalue weighted by Crippen LogP contribution is -2.78. The minimum Gasteiger partial charge on any atom is -0.366 e. The van der Waals surface area contributed by atoms with Crippen molar-refractivity contribution in [2.45, 2.75) is 74.0 Å². The summed E-state index contributed by atoms with van der Waals surface area (Å²) < 4.78 is 55.9. The second kappa shape index (κ2) is 8.72. The molecule has 5 aliphatic rings. The summed E-state index contributed by atoms with van der Waals surface area (Å²) in [6.45, 7) is 3.89. The molecule has 4 saturated carbocycles. The molecular weight excluding hydrogens is 546 g/mol. The van der Waals surface area contributed by atoms with E-state index in [0.717, 1.165) is 5.56 Å². The van der Waals surface area contributed by atoms with Crippen LogP contribution in [-0.4, -0.2) is 54.1 Å². The number of rotatable bonds is 9. The molecule has 39 heavy (non-hydrogen) atoms. The van der Waals surface area contributed by atoms with Crippen molar-refractivity contribution in [3.63, 3.8) is 0 Å². The molecule has 2 bridgehead atoms. The zero-order chi connectivity index (χ0) is 27.8. The van der Waals surface area contributed by atoms with Gasteiger partial charge in [-0.3, -0.25) is 9.79 Å². The molecule has 2 N–H and O–H groups in total. The molecule has 0 radical (unpaired) electrons. The molecule has 7 nitrogen and oxygen atoms in total. The third kappa shape index (κ3) is 4.44. The largest absolute Gasteiger partial charge is 0.366 e. The number of carbonyl (C=O) groups excluding carboxylic acids is 1. The van der Waals surface area contributed by atoms with Crippen LogP contribution in [0, 0.1) is 11.3 Å². The Kier molecular flexibility index (Phi) is 5.96. The monoisotopic (exact) mass is 576 g/mol. The SMILES string of the molecule is CC1(C)NC(C23CC(N(Cc4ccc(Cl)cc4)S(=O)(=O)c4ccccc4)(C2)C3)=N[C@H]1C(=O)NCC1CC1(F)F. The minimum atomic E-state index is -3.79. The van der Waals surface area contributed by atoms with Crippen LogP contribution in [0.4, 0.5) is 8.78 Å². The average Bonchev–Trinajstić information content (AvgIpc) is 3.32. The number of nitrogens with zero attached hydrogens (tertiary/aromatic N) is 2. The molecular formula is C28H31ClF2N4O3S. The standard InChI is InChI=1S/C28H31ClF2N4O3S/c1-25(2)22(23(36)32-13-19-12-28(19,30)31)33-24(34-25)26-15-27(16-26,17-26)35(14-18-8-10-20(29)11-9-18)39(37,38)21-6-4-3-5-7-21/h3-11,19,22H,12-17H2,1-2H3,(H,32,36)(H,33,34)/t19?,22-,26?,27?/m0/s1. The van der Waals surface area contributed by atoms with E-state index in [-0.39, 0.29) is 35.7 Å². The molecule has 4 aliphatic carbocycles. The summed E-state index contributed by atoms with van der Waals surface area (Å²) in [5.74, 6) is -3.17. The highest BCUT2D eigenvalue weighted by Crippen LogP contribution is 2.71. The third-order valence-electron chi connectivity index (χ3n) is 8.71. The fourth-order valence-electron chi connectivity index (χ4n) is 6.40. The summed E-state index contributed by atoms with van der Waals surface area (Å²) in [6.07, 6.45) is 1.57. The van der Waals surface area contributed by atoms with Gasteiger partial charge in [-0.1, -0.05) is 41.9 Å². The number of nitrogens with one attached hydrogen (secondary N) is 2. The summed E-state index contributed by atoms with van der Waals surface area (Å²) >= 11 is 6.06. The smallest absolute Gasteiger partial charge is 0.253 e. The lowest BCUT2D eigenvalue weighted by Gasteiger charge is -2.73. The third-order valence-corrected chi connectivity index (χ3v) is 10.9. The second-order valence-electron chi connectivity index (χ2n) is 12.1. The van der Waals surface area contributed by atoms with Gasteiger partial charge in [-0.2, -0.15) is 4.31 Å². The van der Waals surface area contributed by atoms with E-state index in [0.29, 0.717) is 30.1 Å². The maximum absolute atomic E-state index is 13.9. The first-order valence-corrected chi connectivity index (χ1v) is 14.9. The highest BCUT2D eigenvalue weighted by Gasteiger charge is 2.75. The van der Waals surface area contributed by atoms with Crippen molar-refractivity contribution in [2.24, 2.45) is 16.3 Å². The van der Waals surface area contributed by atoms with E-state index >= 15 is 0 Å². The number of aliphatic imine (C=N–C) groups is 1. The van der Waals surface area contributed by atoms with E-state index < -0.39 is 39.0 Å². The van der Waals surface area contributed by atoms with Gasteiger partial charge in [0.1, 0.15) is 5.84 Å². The maximum Gasteiger partial charge on any atom is 0.253 e. The van der Waals surface area contributed by atoms with Gasteiger partial charge >= 0.3 is 0 Å². The van der Waals surface area contributed by atoms with Crippen LogP contribution in [0.2, 0.25) is 5.02 Å². The highest BCUT2D eigenvalue weighted by molar-refractivity contribution is 7.89. The molecule has 208 valence electrons. The van der Waals surface area contributed by atoms with Crippen molar-refractivity contribution in [1.29, 1.82) is 0 Å². The fraction of sp³-hybridized carbons (Fsp3) is 0.500. The van der Waals surface area contributed by atoms with Gasteiger partial charge in [0.05, 0.1) is 10.4 Å². The van der Waals surface area contributed by atoms with Gasteiger partial charge in [0, 0.05) is 41.4 Å². The molecule has 1 unspecified atom stereocenters. The van der Waals surface area contributed by atoms with E-state index in [9.17, 15) is 22.0 Å². The van der Waals surface area contributed by atoms with Crippen molar-refractivity contribution in [3.05, 3.63) is 65.2 Å². The van der Waals surface area contributed by atoms with Crippen molar-refractivity contribution >= 4 is 33.4 Å². The molecule has 1 heterocycles. The van der Waals surface area contributed by atoms with Crippen LogP contribution >= 0.6 is 11.6 Å². The summed E-state index contributed by atoms with van der Waals surface area (Å²) in [5.41, 5.74) is -0.735. The van der Waals surface area contributed by atoms with Crippen LogP contribution in [0.5, 0.6) is 0 Å². The number of sulfonamides is 1. The number of carbonyl (C=O) groups is 1. The van der Waals surface area contributed by atoms with Gasteiger partial charge < -0.3 is 10.6 Å². The molecule has 2 atom stereocenters. The molecule has 1 aliphatic heterocycles. The highest BCUT2D eigenvalue weighted by atomic mass is 35.5. The Morgan fingerprint density at radius 2 is 1.72 bits per heavy atom. The normalized spacial score (nSPS) is 31.5. The molecule has 0 aromatic heterocycles. The zero-order valence-electron chi connectivity index (χ0n) is 21.8. The fourth-order valence-corrected chi connectivity index (χ4v) is 8.30. The van der Waals surface area contributed by atoms with Crippen LogP contribution < -0.4 is 10.6 Å². The lowest BCUT2D eigenvalue weighted by molar-refractivity contribution is -0.151. The van der Waals surface area contributed by atoms with Crippen molar-refractivity contribution in [1.82, 2.24) is 14.9 Å². The summed E-state index contributed by atoms with van der Waals surface area (Å²) in [5, 5.41) is 6.63. The van der Waals surface area contributed by atoms with E-state index in [4.69, 9.17) is 16.6 Å². The number of halogens is 3. The number of amides is 1.